The van der Waals surface area contributed by atoms with E-state index in [9.17, 15) is 15.2 Å². The van der Waals surface area contributed by atoms with Crippen LogP contribution in [-0.4, -0.2) is 34.1 Å². The Bertz CT molecular complexity index is 495. The fourth-order valence-corrected chi connectivity index (χ4v) is 2.83. The van der Waals surface area contributed by atoms with Gasteiger partial charge < -0.3 is 10.5 Å². The molecule has 116 valence electrons. The van der Waals surface area contributed by atoms with Crippen LogP contribution in [-0.2, 0) is 6.54 Å². The first kappa shape index (κ1) is 15.7. The zero-order valence-corrected chi connectivity index (χ0v) is 12.0. The molecule has 7 nitrogen and oxygen atoms in total. The van der Waals surface area contributed by atoms with Gasteiger partial charge in [0.25, 0.3) is 5.69 Å². The first-order chi connectivity index (χ1) is 10.2. The van der Waals surface area contributed by atoms with Crippen molar-refractivity contribution in [1.82, 2.24) is 4.90 Å². The number of nitro groups is 1. The van der Waals surface area contributed by atoms with Crippen molar-refractivity contribution in [1.29, 1.82) is 0 Å². The Labute approximate surface area is 123 Å². The molecular formula is C14H22N4O3. The second-order valence-electron chi connectivity index (χ2n) is 5.41. The molecule has 1 aliphatic heterocycles. The molecule has 0 amide bonds. The highest BCUT2D eigenvalue weighted by Gasteiger charge is 2.21. The number of hydrogen-bond acceptors (Lipinski definition) is 6. The van der Waals surface area contributed by atoms with Crippen LogP contribution in [0.3, 0.4) is 0 Å². The zero-order chi connectivity index (χ0) is 15.2. The maximum Gasteiger partial charge on any atom is 0.293 e. The topological polar surface area (TPSA) is 105 Å². The minimum atomic E-state index is -0.440. The Kier molecular flexibility index (Phi) is 5.49. The van der Waals surface area contributed by atoms with E-state index in [1.165, 1.54) is 6.42 Å². The van der Waals surface area contributed by atoms with Crippen LogP contribution in [0, 0.1) is 10.1 Å². The fourth-order valence-electron chi connectivity index (χ4n) is 2.83. The first-order valence-corrected chi connectivity index (χ1v) is 7.24. The van der Waals surface area contributed by atoms with Crippen LogP contribution < -0.4 is 11.3 Å². The summed E-state index contributed by atoms with van der Waals surface area (Å²) in [7, 11) is 0. The van der Waals surface area contributed by atoms with Crippen molar-refractivity contribution < 1.29 is 10.0 Å². The molecular weight excluding hydrogens is 272 g/mol. The van der Waals surface area contributed by atoms with Crippen LogP contribution in [0.1, 0.15) is 31.2 Å². The molecule has 1 aromatic rings. The summed E-state index contributed by atoms with van der Waals surface area (Å²) < 4.78 is 0. The van der Waals surface area contributed by atoms with Gasteiger partial charge in [0.15, 0.2) is 0 Å². The van der Waals surface area contributed by atoms with Crippen molar-refractivity contribution in [2.24, 2.45) is 5.84 Å². The molecule has 1 unspecified atom stereocenters. The normalized spacial score (nSPS) is 20.0. The highest BCUT2D eigenvalue weighted by Crippen LogP contribution is 2.26. The monoisotopic (exact) mass is 294 g/mol. The molecule has 1 saturated heterocycles. The molecule has 1 heterocycles. The van der Waals surface area contributed by atoms with Crippen LogP contribution in [0.4, 0.5) is 11.4 Å². The van der Waals surface area contributed by atoms with E-state index >= 15 is 0 Å². The van der Waals surface area contributed by atoms with Gasteiger partial charge in [-0.3, -0.25) is 20.9 Å². The van der Waals surface area contributed by atoms with Gasteiger partial charge in [-0.05, 0) is 31.0 Å². The molecule has 2 rings (SSSR count). The predicted molar refractivity (Wildman–Crippen MR) is 80.7 cm³/mol. The van der Waals surface area contributed by atoms with E-state index in [2.05, 4.69) is 10.3 Å². The minimum absolute atomic E-state index is 0.0228. The number of anilines is 1. The molecule has 4 N–H and O–H groups in total. The smallest absolute Gasteiger partial charge is 0.293 e. The van der Waals surface area contributed by atoms with E-state index in [1.54, 1.807) is 12.1 Å². The molecule has 0 spiro atoms. The number of likely N-dealkylation sites (tertiary alicyclic amines) is 1. The molecule has 21 heavy (non-hydrogen) atoms. The lowest BCUT2D eigenvalue weighted by atomic mass is 10.1. The van der Waals surface area contributed by atoms with E-state index in [4.69, 9.17) is 5.84 Å². The van der Waals surface area contributed by atoms with Gasteiger partial charge in [-0.25, -0.2) is 0 Å². The summed E-state index contributed by atoms with van der Waals surface area (Å²) in [6.45, 7) is 1.65. The average molecular weight is 294 g/mol. The molecule has 0 aliphatic carbocycles. The van der Waals surface area contributed by atoms with Gasteiger partial charge in [0.1, 0.15) is 5.69 Å². The van der Waals surface area contributed by atoms with E-state index in [0.29, 0.717) is 12.2 Å². The van der Waals surface area contributed by atoms with E-state index in [0.717, 1.165) is 31.4 Å². The van der Waals surface area contributed by atoms with Gasteiger partial charge >= 0.3 is 0 Å². The second-order valence-corrected chi connectivity index (χ2v) is 5.41. The largest absolute Gasteiger partial charge is 0.395 e. The molecule has 1 aliphatic rings. The van der Waals surface area contributed by atoms with E-state index in [1.807, 2.05) is 6.07 Å². The molecule has 1 aromatic carbocycles. The fraction of sp³-hybridized carbons (Fsp3) is 0.571. The number of aliphatic hydroxyl groups excluding tert-OH is 1. The molecule has 0 bridgehead atoms. The maximum absolute atomic E-state index is 11.1. The summed E-state index contributed by atoms with van der Waals surface area (Å²) in [5.41, 5.74) is 3.49. The third-order valence-electron chi connectivity index (χ3n) is 4.01. The number of aliphatic hydroxyl groups is 1. The van der Waals surface area contributed by atoms with E-state index in [-0.39, 0.29) is 18.3 Å². The number of nitro benzene ring substituents is 1. The predicted octanol–water partition coefficient (Wildman–Crippen LogP) is 1.62. The van der Waals surface area contributed by atoms with Crippen molar-refractivity contribution in [3.8, 4) is 0 Å². The summed E-state index contributed by atoms with van der Waals surface area (Å²) in [5.74, 6) is 5.29. The van der Waals surface area contributed by atoms with Gasteiger partial charge in [-0.1, -0.05) is 18.9 Å². The standard InChI is InChI=1S/C14H22N4O3/c15-16-13-6-5-11(8-14(13)18(20)21)9-17-7-3-1-2-4-12(17)10-19/h5-6,8,12,16,19H,1-4,7,9-10,15H2. The Hall–Kier alpha value is -1.70. The SMILES string of the molecule is NNc1ccc(CN2CCCCCC2CO)cc1[N+](=O)[O-]. The van der Waals surface area contributed by atoms with Gasteiger partial charge in [-0.2, -0.15) is 0 Å². The highest BCUT2D eigenvalue weighted by molar-refractivity contribution is 5.61. The lowest BCUT2D eigenvalue weighted by Crippen LogP contribution is -2.36. The summed E-state index contributed by atoms with van der Waals surface area (Å²) in [6, 6.07) is 5.15. The number of benzene rings is 1. The van der Waals surface area contributed by atoms with Gasteiger partial charge in [-0.15, -0.1) is 0 Å². The number of nitrogens with two attached hydrogens (primary N) is 1. The van der Waals surface area contributed by atoms with Crippen molar-refractivity contribution in [3.05, 3.63) is 33.9 Å². The van der Waals surface area contributed by atoms with Gasteiger partial charge in [0.2, 0.25) is 0 Å². The second kappa shape index (κ2) is 7.35. The zero-order valence-electron chi connectivity index (χ0n) is 12.0. The highest BCUT2D eigenvalue weighted by atomic mass is 16.6. The number of nitrogen functional groups attached to an aromatic ring is 1. The Morgan fingerprint density at radius 1 is 1.43 bits per heavy atom. The molecule has 1 fully saturated rings. The number of nitrogens with zero attached hydrogens (tertiary/aromatic N) is 2. The third-order valence-corrected chi connectivity index (χ3v) is 4.01. The Balaban J connectivity index is 2.17. The van der Waals surface area contributed by atoms with Crippen molar-refractivity contribution >= 4 is 11.4 Å². The van der Waals surface area contributed by atoms with Crippen LogP contribution in [0.5, 0.6) is 0 Å². The van der Waals surface area contributed by atoms with Gasteiger partial charge in [0.05, 0.1) is 11.5 Å². The maximum atomic E-state index is 11.1. The molecule has 0 radical (unpaired) electrons. The lowest BCUT2D eigenvalue weighted by molar-refractivity contribution is -0.384. The molecule has 0 aromatic heterocycles. The number of rotatable bonds is 5. The Morgan fingerprint density at radius 2 is 2.24 bits per heavy atom. The van der Waals surface area contributed by atoms with Crippen LogP contribution in [0.25, 0.3) is 0 Å². The summed E-state index contributed by atoms with van der Waals surface area (Å²) in [4.78, 5) is 12.8. The Morgan fingerprint density at radius 3 is 2.90 bits per heavy atom. The van der Waals surface area contributed by atoms with Crippen molar-refractivity contribution in [2.45, 2.75) is 38.3 Å². The van der Waals surface area contributed by atoms with Crippen molar-refractivity contribution in [2.75, 3.05) is 18.6 Å². The van der Waals surface area contributed by atoms with Crippen LogP contribution in [0.15, 0.2) is 18.2 Å². The molecule has 7 heteroatoms. The van der Waals surface area contributed by atoms with E-state index < -0.39 is 4.92 Å². The average Bonchev–Trinajstić information content (AvgIpc) is 2.72. The third kappa shape index (κ3) is 3.90. The summed E-state index contributed by atoms with van der Waals surface area (Å²) >= 11 is 0. The number of hydrogen-bond donors (Lipinski definition) is 3. The van der Waals surface area contributed by atoms with Gasteiger partial charge in [0, 0.05) is 18.7 Å². The quantitative estimate of drug-likeness (QED) is 0.433. The molecule has 0 saturated carbocycles. The van der Waals surface area contributed by atoms with Crippen LogP contribution >= 0.6 is 0 Å². The first-order valence-electron chi connectivity index (χ1n) is 7.24. The molecule has 1 atom stereocenters. The van der Waals surface area contributed by atoms with Crippen LogP contribution in [0.2, 0.25) is 0 Å². The summed E-state index contributed by atoms with van der Waals surface area (Å²) in [5, 5.41) is 20.6. The lowest BCUT2D eigenvalue weighted by Gasteiger charge is -2.28. The number of hydrazine groups is 1. The number of nitrogens with one attached hydrogen (secondary N) is 1. The van der Waals surface area contributed by atoms with Crippen molar-refractivity contribution in [3.63, 3.8) is 0 Å². The minimum Gasteiger partial charge on any atom is -0.395 e. The summed E-state index contributed by atoms with van der Waals surface area (Å²) in [6.07, 6.45) is 4.36.